The molecule has 6 heteroatoms. The van der Waals surface area contributed by atoms with Crippen LogP contribution in [0.2, 0.25) is 0 Å². The third-order valence-electron chi connectivity index (χ3n) is 2.20. The fraction of sp³-hybridized carbons (Fsp3) is 0.250. The molecule has 0 radical (unpaired) electrons. The first-order valence-electron chi connectivity index (χ1n) is 5.24. The lowest BCUT2D eigenvalue weighted by molar-refractivity contribution is -0.142. The summed E-state index contributed by atoms with van der Waals surface area (Å²) >= 11 is 0. The Morgan fingerprint density at radius 1 is 1.44 bits per heavy atom. The maximum absolute atomic E-state index is 11.6. The van der Waals surface area contributed by atoms with E-state index in [1.807, 2.05) is 0 Å². The minimum absolute atomic E-state index is 0.257. The minimum Gasteiger partial charge on any atom is -0.468 e. The first kappa shape index (κ1) is 14.4. The average Bonchev–Trinajstić information content (AvgIpc) is 2.36. The lowest BCUT2D eigenvalue weighted by Gasteiger charge is -2.16. The Morgan fingerprint density at radius 2 is 2.06 bits per heavy atom. The number of methoxy groups -OCH3 is 1. The van der Waals surface area contributed by atoms with E-state index in [1.165, 1.54) is 13.2 Å². The number of esters is 1. The standard InChI is InChI=1S/C12H15NO4S/c1-3-9-18(15,16)13-11(12(14)17-2)10-7-5-4-6-8-10/h3-8,11,13H,1,9H2,2H3. The summed E-state index contributed by atoms with van der Waals surface area (Å²) in [5.41, 5.74) is 0.525. The van der Waals surface area contributed by atoms with Gasteiger partial charge in [0.25, 0.3) is 0 Å². The predicted molar refractivity (Wildman–Crippen MR) is 68.3 cm³/mol. The molecule has 0 spiro atoms. The van der Waals surface area contributed by atoms with Crippen LogP contribution < -0.4 is 4.72 Å². The van der Waals surface area contributed by atoms with Crippen molar-refractivity contribution in [2.24, 2.45) is 0 Å². The molecule has 0 amide bonds. The van der Waals surface area contributed by atoms with Gasteiger partial charge in [-0.05, 0) is 5.56 Å². The van der Waals surface area contributed by atoms with Gasteiger partial charge in [-0.2, -0.15) is 4.72 Å². The van der Waals surface area contributed by atoms with Crippen molar-refractivity contribution in [3.8, 4) is 0 Å². The molecule has 0 aliphatic carbocycles. The van der Waals surface area contributed by atoms with Crippen molar-refractivity contribution in [3.63, 3.8) is 0 Å². The Kier molecular flexibility index (Phi) is 5.06. The quantitative estimate of drug-likeness (QED) is 0.618. The van der Waals surface area contributed by atoms with Gasteiger partial charge < -0.3 is 4.74 Å². The van der Waals surface area contributed by atoms with Crippen LogP contribution >= 0.6 is 0 Å². The molecule has 1 aromatic carbocycles. The first-order chi connectivity index (χ1) is 8.50. The largest absolute Gasteiger partial charge is 0.468 e. The predicted octanol–water partition coefficient (Wildman–Crippen LogP) is 1.01. The van der Waals surface area contributed by atoms with Gasteiger partial charge in [0.05, 0.1) is 12.9 Å². The maximum Gasteiger partial charge on any atom is 0.328 e. The molecule has 5 nitrogen and oxygen atoms in total. The molecule has 0 aliphatic rings. The summed E-state index contributed by atoms with van der Waals surface area (Å²) in [6.45, 7) is 3.36. The van der Waals surface area contributed by atoms with E-state index >= 15 is 0 Å². The van der Waals surface area contributed by atoms with Crippen molar-refractivity contribution in [2.45, 2.75) is 6.04 Å². The zero-order valence-corrected chi connectivity index (χ0v) is 10.8. The second kappa shape index (κ2) is 6.32. The fourth-order valence-electron chi connectivity index (χ4n) is 1.40. The van der Waals surface area contributed by atoms with Gasteiger partial charge in [0.2, 0.25) is 10.0 Å². The van der Waals surface area contributed by atoms with Gasteiger partial charge in [0.15, 0.2) is 0 Å². The number of hydrogen-bond acceptors (Lipinski definition) is 4. The molecular weight excluding hydrogens is 254 g/mol. The molecule has 0 saturated carbocycles. The van der Waals surface area contributed by atoms with Gasteiger partial charge in [-0.1, -0.05) is 36.4 Å². The third kappa shape index (κ3) is 3.97. The molecule has 0 aliphatic heterocycles. The molecule has 1 unspecified atom stereocenters. The van der Waals surface area contributed by atoms with E-state index in [0.717, 1.165) is 0 Å². The second-order valence-electron chi connectivity index (χ2n) is 3.55. The van der Waals surface area contributed by atoms with Gasteiger partial charge >= 0.3 is 5.97 Å². The second-order valence-corrected chi connectivity index (χ2v) is 5.35. The summed E-state index contributed by atoms with van der Waals surface area (Å²) in [5, 5.41) is 0. The summed E-state index contributed by atoms with van der Waals surface area (Å²) in [7, 11) is -2.39. The number of carbonyl (C=O) groups is 1. The molecule has 0 fully saturated rings. The molecule has 18 heavy (non-hydrogen) atoms. The van der Waals surface area contributed by atoms with E-state index in [-0.39, 0.29) is 5.75 Å². The van der Waals surface area contributed by atoms with Crippen molar-refractivity contribution >= 4 is 16.0 Å². The highest BCUT2D eigenvalue weighted by atomic mass is 32.2. The number of rotatable bonds is 6. The Bertz CT molecular complexity index is 510. The van der Waals surface area contributed by atoms with Crippen molar-refractivity contribution < 1.29 is 17.9 Å². The maximum atomic E-state index is 11.6. The molecule has 1 aromatic rings. The number of ether oxygens (including phenoxy) is 1. The van der Waals surface area contributed by atoms with E-state index in [2.05, 4.69) is 16.0 Å². The Labute approximate surface area is 107 Å². The molecule has 0 bridgehead atoms. The van der Waals surface area contributed by atoms with Gasteiger partial charge in [-0.25, -0.2) is 13.2 Å². The smallest absolute Gasteiger partial charge is 0.328 e. The topological polar surface area (TPSA) is 72.5 Å². The van der Waals surface area contributed by atoms with Crippen molar-refractivity contribution in [2.75, 3.05) is 12.9 Å². The van der Waals surface area contributed by atoms with Crippen molar-refractivity contribution in [1.29, 1.82) is 0 Å². The highest BCUT2D eigenvalue weighted by Crippen LogP contribution is 2.15. The summed E-state index contributed by atoms with van der Waals surface area (Å²) in [4.78, 5) is 11.6. The molecule has 1 rings (SSSR count). The number of sulfonamides is 1. The van der Waals surface area contributed by atoms with Gasteiger partial charge in [-0.3, -0.25) is 0 Å². The molecule has 0 aromatic heterocycles. The van der Waals surface area contributed by atoms with Crippen LogP contribution in [0.25, 0.3) is 0 Å². The zero-order chi connectivity index (χ0) is 13.6. The Morgan fingerprint density at radius 3 is 2.56 bits per heavy atom. The van der Waals surface area contributed by atoms with Crippen LogP contribution in [-0.2, 0) is 19.6 Å². The molecular formula is C12H15NO4S. The zero-order valence-electron chi connectivity index (χ0n) is 10.00. The average molecular weight is 269 g/mol. The number of benzene rings is 1. The lowest BCUT2D eigenvalue weighted by atomic mass is 10.1. The van der Waals surface area contributed by atoms with E-state index in [0.29, 0.717) is 5.56 Å². The van der Waals surface area contributed by atoms with Crippen LogP contribution in [0.4, 0.5) is 0 Å². The van der Waals surface area contributed by atoms with Crippen LogP contribution in [0.3, 0.4) is 0 Å². The molecule has 1 atom stereocenters. The van der Waals surface area contributed by atoms with E-state index in [1.54, 1.807) is 30.3 Å². The van der Waals surface area contributed by atoms with Gasteiger partial charge in [0, 0.05) is 0 Å². The van der Waals surface area contributed by atoms with Gasteiger partial charge in [0.1, 0.15) is 6.04 Å². The first-order valence-corrected chi connectivity index (χ1v) is 6.89. The van der Waals surface area contributed by atoms with Crippen LogP contribution in [0.1, 0.15) is 11.6 Å². The molecule has 0 heterocycles. The van der Waals surface area contributed by atoms with E-state index in [4.69, 9.17) is 0 Å². The van der Waals surface area contributed by atoms with Crippen LogP contribution in [-0.4, -0.2) is 27.2 Å². The highest BCUT2D eigenvalue weighted by Gasteiger charge is 2.25. The summed E-state index contributed by atoms with van der Waals surface area (Å²) in [5.74, 6) is -0.915. The van der Waals surface area contributed by atoms with Crippen LogP contribution in [0, 0.1) is 0 Å². The number of hydrogen-bond donors (Lipinski definition) is 1. The van der Waals surface area contributed by atoms with Crippen LogP contribution in [0.15, 0.2) is 43.0 Å². The summed E-state index contributed by atoms with van der Waals surface area (Å²) in [6.07, 6.45) is 1.25. The third-order valence-corrected chi connectivity index (χ3v) is 3.47. The number of nitrogens with one attached hydrogen (secondary N) is 1. The minimum atomic E-state index is -3.60. The Balaban J connectivity index is 3.01. The van der Waals surface area contributed by atoms with Gasteiger partial charge in [-0.15, -0.1) is 6.58 Å². The molecule has 1 N–H and O–H groups in total. The van der Waals surface area contributed by atoms with Crippen molar-refractivity contribution in [1.82, 2.24) is 4.72 Å². The van der Waals surface area contributed by atoms with Crippen LogP contribution in [0.5, 0.6) is 0 Å². The SMILES string of the molecule is C=CCS(=O)(=O)NC(C(=O)OC)c1ccccc1. The molecule has 98 valence electrons. The Hall–Kier alpha value is -1.66. The fourth-order valence-corrected chi connectivity index (χ4v) is 2.40. The monoisotopic (exact) mass is 269 g/mol. The number of carbonyl (C=O) groups excluding carboxylic acids is 1. The van der Waals surface area contributed by atoms with E-state index < -0.39 is 22.0 Å². The van der Waals surface area contributed by atoms with E-state index in [9.17, 15) is 13.2 Å². The van der Waals surface area contributed by atoms with Crippen molar-refractivity contribution in [3.05, 3.63) is 48.6 Å². The lowest BCUT2D eigenvalue weighted by Crippen LogP contribution is -2.35. The highest BCUT2D eigenvalue weighted by molar-refractivity contribution is 7.89. The molecule has 0 saturated heterocycles. The summed E-state index contributed by atoms with van der Waals surface area (Å²) < 4.78 is 30.2. The normalized spacial score (nSPS) is 12.7. The summed E-state index contributed by atoms with van der Waals surface area (Å²) in [6, 6.07) is 7.47.